The standard InChI is InChI=1S/C30H24O5/c1-34-29(32)27-19-14-15-20(16-19)28(27)30(33)35-24-13-5-9-18-7-3-11-22(26(18)24)21-10-2-6-17-8-4-12-23(31)25(17)21/h2-15,19-20,27-28,31H,16H2,1H3/t19-,20+,27-,28+/m1/s1. The largest absolute Gasteiger partial charge is 0.507 e. The molecule has 35 heavy (non-hydrogen) atoms. The maximum atomic E-state index is 13.5. The second kappa shape index (κ2) is 8.27. The molecular formula is C30H24O5. The maximum absolute atomic E-state index is 13.5. The highest BCUT2D eigenvalue weighted by Crippen LogP contribution is 2.49. The van der Waals surface area contributed by atoms with Gasteiger partial charge in [-0.1, -0.05) is 72.8 Å². The lowest BCUT2D eigenvalue weighted by Gasteiger charge is -2.24. The highest BCUT2D eigenvalue weighted by atomic mass is 16.5. The molecule has 1 fully saturated rings. The van der Waals surface area contributed by atoms with Gasteiger partial charge in [-0.05, 0) is 52.3 Å². The Hall–Kier alpha value is -4.12. The topological polar surface area (TPSA) is 72.8 Å². The van der Waals surface area contributed by atoms with Crippen molar-refractivity contribution in [2.45, 2.75) is 6.42 Å². The predicted molar refractivity (Wildman–Crippen MR) is 134 cm³/mol. The number of hydrogen-bond donors (Lipinski definition) is 1. The van der Waals surface area contributed by atoms with Crippen molar-refractivity contribution < 1.29 is 24.2 Å². The van der Waals surface area contributed by atoms with E-state index in [1.165, 1.54) is 7.11 Å². The molecule has 0 unspecified atom stereocenters. The van der Waals surface area contributed by atoms with Gasteiger partial charge >= 0.3 is 11.9 Å². The van der Waals surface area contributed by atoms with E-state index in [4.69, 9.17) is 9.47 Å². The number of rotatable bonds is 4. The average molecular weight is 465 g/mol. The first-order valence-corrected chi connectivity index (χ1v) is 11.8. The van der Waals surface area contributed by atoms with E-state index in [9.17, 15) is 14.7 Å². The molecule has 2 aliphatic carbocycles. The van der Waals surface area contributed by atoms with Gasteiger partial charge in [0.1, 0.15) is 11.5 Å². The summed E-state index contributed by atoms with van der Waals surface area (Å²) in [5.41, 5.74) is 1.71. The first-order valence-electron chi connectivity index (χ1n) is 11.8. The molecule has 174 valence electrons. The number of fused-ring (bicyclic) bond motifs is 4. The normalized spacial score (nSPS) is 22.5. The molecule has 6 rings (SSSR count). The Balaban J connectivity index is 1.46. The molecule has 0 aromatic heterocycles. The zero-order valence-corrected chi connectivity index (χ0v) is 19.2. The van der Waals surface area contributed by atoms with Gasteiger partial charge < -0.3 is 14.6 Å². The van der Waals surface area contributed by atoms with Crippen LogP contribution in [0.1, 0.15) is 6.42 Å². The number of carbonyl (C=O) groups excluding carboxylic acids is 2. The fourth-order valence-electron chi connectivity index (χ4n) is 5.94. The fourth-order valence-corrected chi connectivity index (χ4v) is 5.94. The molecule has 5 nitrogen and oxygen atoms in total. The Morgan fingerprint density at radius 3 is 1.94 bits per heavy atom. The average Bonchev–Trinajstić information content (AvgIpc) is 3.50. The summed E-state index contributed by atoms with van der Waals surface area (Å²) in [6, 6.07) is 22.8. The van der Waals surface area contributed by atoms with Gasteiger partial charge in [0.05, 0.1) is 18.9 Å². The van der Waals surface area contributed by atoms with E-state index in [2.05, 4.69) is 0 Å². The molecule has 2 bridgehead atoms. The summed E-state index contributed by atoms with van der Waals surface area (Å²) in [7, 11) is 1.36. The van der Waals surface area contributed by atoms with Gasteiger partial charge in [0.2, 0.25) is 0 Å². The molecular weight excluding hydrogens is 440 g/mol. The zero-order valence-electron chi connectivity index (χ0n) is 19.2. The van der Waals surface area contributed by atoms with E-state index in [-0.39, 0.29) is 23.6 Å². The number of phenolic OH excluding ortho intramolecular Hbond substituents is 1. The number of carbonyl (C=O) groups is 2. The monoisotopic (exact) mass is 464 g/mol. The third kappa shape index (κ3) is 3.38. The Bertz CT molecular complexity index is 1510. The van der Waals surface area contributed by atoms with Crippen molar-refractivity contribution in [3.05, 3.63) is 84.9 Å². The first-order chi connectivity index (χ1) is 17.1. The Labute approximate surface area is 202 Å². The van der Waals surface area contributed by atoms with Crippen LogP contribution in [0.3, 0.4) is 0 Å². The second-order valence-corrected chi connectivity index (χ2v) is 9.28. The Morgan fingerprint density at radius 2 is 1.29 bits per heavy atom. The SMILES string of the molecule is COC(=O)[C@H]1[C@@H](C(=O)Oc2cccc3cccc(-c4cccc5cccc(O)c45)c23)[C@H]2C=C[C@@H]1C2. The van der Waals surface area contributed by atoms with E-state index in [1.807, 2.05) is 72.8 Å². The highest BCUT2D eigenvalue weighted by Gasteiger charge is 2.53. The molecule has 0 amide bonds. The molecule has 0 spiro atoms. The minimum absolute atomic E-state index is 0.00624. The van der Waals surface area contributed by atoms with Crippen molar-refractivity contribution in [3.63, 3.8) is 0 Å². The number of benzene rings is 4. The zero-order chi connectivity index (χ0) is 24.1. The van der Waals surface area contributed by atoms with Crippen molar-refractivity contribution in [1.29, 1.82) is 0 Å². The van der Waals surface area contributed by atoms with Crippen molar-refractivity contribution >= 4 is 33.5 Å². The third-order valence-corrected chi connectivity index (χ3v) is 7.45. The van der Waals surface area contributed by atoms with E-state index in [0.717, 1.165) is 39.1 Å². The summed E-state index contributed by atoms with van der Waals surface area (Å²) in [5.74, 6) is -1.26. The Morgan fingerprint density at radius 1 is 0.743 bits per heavy atom. The summed E-state index contributed by atoms with van der Waals surface area (Å²) in [6.07, 6.45) is 4.79. The van der Waals surface area contributed by atoms with Gasteiger partial charge in [0, 0.05) is 10.8 Å². The fraction of sp³-hybridized carbons (Fsp3) is 0.200. The molecule has 1 saturated carbocycles. The molecule has 2 aliphatic rings. The molecule has 0 radical (unpaired) electrons. The second-order valence-electron chi connectivity index (χ2n) is 9.28. The van der Waals surface area contributed by atoms with Crippen molar-refractivity contribution in [2.75, 3.05) is 7.11 Å². The summed E-state index contributed by atoms with van der Waals surface area (Å²) < 4.78 is 11.1. The quantitative estimate of drug-likeness (QED) is 0.232. The smallest absolute Gasteiger partial charge is 0.315 e. The molecule has 4 atom stereocenters. The molecule has 1 N–H and O–H groups in total. The third-order valence-electron chi connectivity index (χ3n) is 7.45. The minimum Gasteiger partial charge on any atom is -0.507 e. The molecule has 0 heterocycles. The van der Waals surface area contributed by atoms with Crippen LogP contribution in [0.15, 0.2) is 84.9 Å². The van der Waals surface area contributed by atoms with Crippen LogP contribution in [0.2, 0.25) is 0 Å². The summed E-state index contributed by atoms with van der Waals surface area (Å²) in [4.78, 5) is 26.0. The van der Waals surface area contributed by atoms with Crippen LogP contribution in [0, 0.1) is 23.7 Å². The minimum atomic E-state index is -0.568. The lowest BCUT2D eigenvalue weighted by molar-refractivity contribution is -0.155. The molecule has 0 saturated heterocycles. The van der Waals surface area contributed by atoms with Crippen LogP contribution in [-0.2, 0) is 14.3 Å². The lowest BCUT2D eigenvalue weighted by Crippen LogP contribution is -2.36. The maximum Gasteiger partial charge on any atom is 0.315 e. The van der Waals surface area contributed by atoms with Crippen LogP contribution in [0.4, 0.5) is 0 Å². The number of hydrogen-bond acceptors (Lipinski definition) is 5. The molecule has 4 aromatic rings. The van der Waals surface area contributed by atoms with Crippen molar-refractivity contribution in [3.8, 4) is 22.6 Å². The van der Waals surface area contributed by atoms with Gasteiger partial charge in [-0.15, -0.1) is 0 Å². The van der Waals surface area contributed by atoms with Gasteiger partial charge in [-0.25, -0.2) is 0 Å². The Kier molecular flexibility index (Phi) is 5.06. The van der Waals surface area contributed by atoms with E-state index in [0.29, 0.717) is 5.75 Å². The number of aromatic hydroxyl groups is 1. The number of ether oxygens (including phenoxy) is 2. The summed E-state index contributed by atoms with van der Waals surface area (Å²) in [5, 5.41) is 14.0. The van der Waals surface area contributed by atoms with Crippen LogP contribution in [0.25, 0.3) is 32.7 Å². The predicted octanol–water partition coefficient (Wildman–Crippen LogP) is 5.88. The number of allylic oxidation sites excluding steroid dienone is 2. The van der Waals surface area contributed by atoms with Gasteiger partial charge in [-0.2, -0.15) is 0 Å². The van der Waals surface area contributed by atoms with Crippen molar-refractivity contribution in [2.24, 2.45) is 23.7 Å². The van der Waals surface area contributed by atoms with Gasteiger partial charge in [-0.3, -0.25) is 9.59 Å². The van der Waals surface area contributed by atoms with E-state index >= 15 is 0 Å². The lowest BCUT2D eigenvalue weighted by atomic mass is 9.83. The molecule has 5 heteroatoms. The number of phenols is 1. The van der Waals surface area contributed by atoms with Crippen LogP contribution in [0.5, 0.6) is 11.5 Å². The van der Waals surface area contributed by atoms with Gasteiger partial charge in [0.25, 0.3) is 0 Å². The van der Waals surface area contributed by atoms with Crippen molar-refractivity contribution in [1.82, 2.24) is 0 Å². The van der Waals surface area contributed by atoms with Crippen LogP contribution < -0.4 is 4.74 Å². The van der Waals surface area contributed by atoms with E-state index in [1.54, 1.807) is 12.1 Å². The summed E-state index contributed by atoms with van der Waals surface area (Å²) >= 11 is 0. The molecule has 0 aliphatic heterocycles. The van der Waals surface area contributed by atoms with Crippen LogP contribution in [-0.4, -0.2) is 24.2 Å². The summed E-state index contributed by atoms with van der Waals surface area (Å²) in [6.45, 7) is 0. The molecule has 4 aromatic carbocycles. The van der Waals surface area contributed by atoms with Gasteiger partial charge in [0.15, 0.2) is 0 Å². The van der Waals surface area contributed by atoms with Crippen LogP contribution >= 0.6 is 0 Å². The first kappa shape index (κ1) is 21.4. The highest BCUT2D eigenvalue weighted by molar-refractivity contribution is 6.09. The van der Waals surface area contributed by atoms with E-state index < -0.39 is 17.8 Å². The number of esters is 2. The number of methoxy groups -OCH3 is 1.